The van der Waals surface area contributed by atoms with E-state index in [2.05, 4.69) is 0 Å². The van der Waals surface area contributed by atoms with Crippen LogP contribution in [-0.2, 0) is 9.53 Å². The van der Waals surface area contributed by atoms with Crippen LogP contribution in [0.1, 0.15) is 0 Å². The molecule has 0 radical (unpaired) electrons. The molecule has 1 rings (SSSR count). The molecule has 1 unspecified atom stereocenters. The number of hydrogen-bond donors (Lipinski definition) is 1. The van der Waals surface area contributed by atoms with Crippen LogP contribution < -0.4 is 5.32 Å². The highest BCUT2D eigenvalue weighted by atomic mass is 19.4. The quantitative estimate of drug-likeness (QED) is 0.760. The van der Waals surface area contributed by atoms with Crippen molar-refractivity contribution in [3.8, 4) is 6.07 Å². The lowest BCUT2D eigenvalue weighted by Crippen LogP contribution is -2.48. The summed E-state index contributed by atoms with van der Waals surface area (Å²) < 4.78 is 40.5. The fraction of sp³-hybridized carbons (Fsp3) is 0.778. The van der Waals surface area contributed by atoms with Crippen molar-refractivity contribution in [1.82, 2.24) is 10.2 Å². The molecule has 0 aliphatic carbocycles. The Morgan fingerprint density at radius 3 is 2.88 bits per heavy atom. The predicted octanol–water partition coefficient (Wildman–Crippen LogP) is -0.111. The van der Waals surface area contributed by atoms with E-state index in [0.29, 0.717) is 6.54 Å². The van der Waals surface area contributed by atoms with Crippen LogP contribution in [0.25, 0.3) is 0 Å². The summed E-state index contributed by atoms with van der Waals surface area (Å²) in [5, 5.41) is 10.6. The zero-order valence-corrected chi connectivity index (χ0v) is 8.96. The van der Waals surface area contributed by atoms with Crippen molar-refractivity contribution in [2.24, 2.45) is 0 Å². The van der Waals surface area contributed by atoms with Gasteiger partial charge in [0.05, 0.1) is 32.3 Å². The van der Waals surface area contributed by atoms with Gasteiger partial charge in [-0.2, -0.15) is 18.4 Å². The first-order chi connectivity index (χ1) is 7.92. The molecule has 0 spiro atoms. The largest absolute Gasteiger partial charge is 0.401 e. The molecule has 1 saturated heterocycles. The first kappa shape index (κ1) is 13.7. The number of carbonyl (C=O) groups excluding carboxylic acids is 1. The zero-order chi connectivity index (χ0) is 12.9. The first-order valence-corrected chi connectivity index (χ1v) is 4.99. The maximum absolute atomic E-state index is 11.8. The fourth-order valence-corrected chi connectivity index (χ4v) is 1.38. The number of hydrogen-bond acceptors (Lipinski definition) is 4. The number of amides is 1. The van der Waals surface area contributed by atoms with Gasteiger partial charge in [-0.1, -0.05) is 0 Å². The molecule has 1 heterocycles. The van der Waals surface area contributed by atoms with E-state index in [1.165, 1.54) is 4.90 Å². The Morgan fingerprint density at radius 1 is 1.59 bits per heavy atom. The van der Waals surface area contributed by atoms with Gasteiger partial charge in [0, 0.05) is 6.54 Å². The fourth-order valence-electron chi connectivity index (χ4n) is 1.38. The van der Waals surface area contributed by atoms with Crippen molar-refractivity contribution in [2.75, 3.05) is 32.8 Å². The van der Waals surface area contributed by atoms with Crippen LogP contribution in [0.4, 0.5) is 13.2 Å². The third-order valence-corrected chi connectivity index (χ3v) is 2.16. The third kappa shape index (κ3) is 5.01. The molecule has 0 bridgehead atoms. The lowest BCUT2D eigenvalue weighted by atomic mass is 10.3. The zero-order valence-electron chi connectivity index (χ0n) is 8.96. The van der Waals surface area contributed by atoms with Gasteiger partial charge in [0.2, 0.25) is 5.91 Å². The second-order valence-electron chi connectivity index (χ2n) is 3.55. The molecule has 17 heavy (non-hydrogen) atoms. The van der Waals surface area contributed by atoms with Crippen molar-refractivity contribution >= 4 is 5.91 Å². The number of nitriles is 1. The molecule has 96 valence electrons. The molecule has 1 aliphatic heterocycles. The molecule has 1 fully saturated rings. The van der Waals surface area contributed by atoms with E-state index in [9.17, 15) is 18.0 Å². The predicted molar refractivity (Wildman–Crippen MR) is 50.9 cm³/mol. The minimum atomic E-state index is -4.33. The highest BCUT2D eigenvalue weighted by molar-refractivity contribution is 5.78. The number of nitrogens with zero attached hydrogens (tertiary/aromatic N) is 2. The van der Waals surface area contributed by atoms with Crippen LogP contribution >= 0.6 is 0 Å². The molecule has 0 aromatic carbocycles. The minimum absolute atomic E-state index is 0.100. The topological polar surface area (TPSA) is 65.4 Å². The summed E-state index contributed by atoms with van der Waals surface area (Å²) in [6.45, 7) is -0.973. The molecule has 5 nitrogen and oxygen atoms in total. The number of rotatable bonds is 3. The standard InChI is InChI=1S/C9H12F3N3O2/c10-9(11,12)6-14-4-8(16)15-1-2-17-7(3-13)5-15/h7,14H,1-2,4-6H2. The molecular weight excluding hydrogens is 239 g/mol. The Balaban J connectivity index is 2.30. The second kappa shape index (κ2) is 5.84. The molecule has 8 heteroatoms. The Morgan fingerprint density at radius 2 is 2.29 bits per heavy atom. The summed E-state index contributed by atoms with van der Waals surface area (Å²) in [4.78, 5) is 12.8. The van der Waals surface area contributed by atoms with Crippen LogP contribution in [0.5, 0.6) is 0 Å². The molecule has 1 atom stereocenters. The van der Waals surface area contributed by atoms with Gasteiger partial charge in [0.1, 0.15) is 0 Å². The maximum Gasteiger partial charge on any atom is 0.401 e. The van der Waals surface area contributed by atoms with Gasteiger partial charge in [-0.15, -0.1) is 0 Å². The monoisotopic (exact) mass is 251 g/mol. The third-order valence-electron chi connectivity index (χ3n) is 2.16. The van der Waals surface area contributed by atoms with Gasteiger partial charge in [-0.25, -0.2) is 0 Å². The molecule has 0 aromatic heterocycles. The Bertz CT molecular complexity index is 314. The van der Waals surface area contributed by atoms with Crippen LogP contribution in [0.3, 0.4) is 0 Å². The van der Waals surface area contributed by atoms with E-state index in [4.69, 9.17) is 10.00 Å². The lowest BCUT2D eigenvalue weighted by Gasteiger charge is -2.29. The Hall–Kier alpha value is -1.33. The molecule has 1 N–H and O–H groups in total. The number of halogens is 3. The number of morpholine rings is 1. The summed E-state index contributed by atoms with van der Waals surface area (Å²) in [7, 11) is 0. The SMILES string of the molecule is N#CC1CN(C(=O)CNCC(F)(F)F)CCO1. The average Bonchev–Trinajstić information content (AvgIpc) is 2.27. The van der Waals surface area contributed by atoms with Crippen molar-refractivity contribution in [3.05, 3.63) is 0 Å². The van der Waals surface area contributed by atoms with Crippen molar-refractivity contribution in [2.45, 2.75) is 12.3 Å². The van der Waals surface area contributed by atoms with Crippen molar-refractivity contribution in [3.63, 3.8) is 0 Å². The van der Waals surface area contributed by atoms with Gasteiger partial charge in [-0.05, 0) is 0 Å². The van der Waals surface area contributed by atoms with Crippen LogP contribution in [-0.4, -0.2) is 55.9 Å². The summed E-state index contributed by atoms with van der Waals surface area (Å²) in [6, 6.07) is 1.85. The molecule has 0 aromatic rings. The van der Waals surface area contributed by atoms with Gasteiger partial charge < -0.3 is 15.0 Å². The number of ether oxygens (including phenoxy) is 1. The molecule has 1 aliphatic rings. The van der Waals surface area contributed by atoms with E-state index >= 15 is 0 Å². The summed E-state index contributed by atoms with van der Waals surface area (Å²) in [5.74, 6) is -0.460. The van der Waals surface area contributed by atoms with Crippen LogP contribution in [0.2, 0.25) is 0 Å². The molecular formula is C9H12F3N3O2. The molecule has 0 saturated carbocycles. The van der Waals surface area contributed by atoms with Gasteiger partial charge in [0.25, 0.3) is 0 Å². The summed E-state index contributed by atoms with van der Waals surface area (Å²) in [5.41, 5.74) is 0. The number of nitrogens with one attached hydrogen (secondary N) is 1. The van der Waals surface area contributed by atoms with Crippen molar-refractivity contribution < 1.29 is 22.7 Å². The highest BCUT2D eigenvalue weighted by Gasteiger charge is 2.28. The van der Waals surface area contributed by atoms with Gasteiger partial charge in [-0.3, -0.25) is 4.79 Å². The van der Waals surface area contributed by atoms with E-state index in [0.717, 1.165) is 0 Å². The summed E-state index contributed by atoms with van der Waals surface area (Å²) in [6.07, 6.45) is -5.03. The van der Waals surface area contributed by atoms with Gasteiger partial charge in [0.15, 0.2) is 6.10 Å². The number of carbonyl (C=O) groups is 1. The smallest absolute Gasteiger partial charge is 0.360 e. The van der Waals surface area contributed by atoms with E-state index in [-0.39, 0.29) is 13.2 Å². The van der Waals surface area contributed by atoms with Gasteiger partial charge >= 0.3 is 6.18 Å². The van der Waals surface area contributed by atoms with E-state index in [1.807, 2.05) is 11.4 Å². The lowest BCUT2D eigenvalue weighted by molar-refractivity contribution is -0.138. The Labute approximate surface area is 96.1 Å². The number of alkyl halides is 3. The normalized spacial score (nSPS) is 21.1. The van der Waals surface area contributed by atoms with E-state index in [1.54, 1.807) is 0 Å². The minimum Gasteiger partial charge on any atom is -0.360 e. The maximum atomic E-state index is 11.8. The van der Waals surface area contributed by atoms with Crippen LogP contribution in [0.15, 0.2) is 0 Å². The van der Waals surface area contributed by atoms with Crippen molar-refractivity contribution in [1.29, 1.82) is 5.26 Å². The summed E-state index contributed by atoms with van der Waals surface area (Å²) >= 11 is 0. The first-order valence-electron chi connectivity index (χ1n) is 4.99. The average molecular weight is 251 g/mol. The second-order valence-corrected chi connectivity index (χ2v) is 3.55. The Kier molecular flexibility index (Phi) is 4.72. The molecule has 1 amide bonds. The van der Waals surface area contributed by atoms with Crippen LogP contribution in [0, 0.1) is 11.3 Å². The van der Waals surface area contributed by atoms with E-state index < -0.39 is 31.3 Å². The highest BCUT2D eigenvalue weighted by Crippen LogP contribution is 2.12.